The number of esters is 1. The molecule has 2 amide bonds. The lowest BCUT2D eigenvalue weighted by Crippen LogP contribution is -2.34. The Morgan fingerprint density at radius 1 is 0.929 bits per heavy atom. The van der Waals surface area contributed by atoms with Crippen molar-refractivity contribution in [2.45, 2.75) is 6.42 Å². The summed E-state index contributed by atoms with van der Waals surface area (Å²) in [6.45, 7) is -0.647. The van der Waals surface area contributed by atoms with E-state index < -0.39 is 24.4 Å². The van der Waals surface area contributed by atoms with Crippen LogP contribution in [0.2, 0.25) is 0 Å². The van der Waals surface area contributed by atoms with E-state index in [1.807, 2.05) is 36.4 Å². The zero-order chi connectivity index (χ0) is 20.2. The van der Waals surface area contributed by atoms with Crippen molar-refractivity contribution in [1.82, 2.24) is 10.6 Å². The quantitative estimate of drug-likeness (QED) is 0.505. The van der Waals surface area contributed by atoms with Crippen molar-refractivity contribution in [3.63, 3.8) is 0 Å². The van der Waals surface area contributed by atoms with Crippen LogP contribution in [0.5, 0.6) is 11.5 Å². The number of nitriles is 1. The molecular weight excluding hydrogens is 362 g/mol. The van der Waals surface area contributed by atoms with Crippen LogP contribution in [-0.2, 0) is 14.3 Å². The number of hydrogen-bond donors (Lipinski definition) is 2. The zero-order valence-electron chi connectivity index (χ0n) is 15.0. The molecule has 8 nitrogen and oxygen atoms in total. The lowest BCUT2D eigenvalue weighted by atomic mass is 10.2. The number of nitrogens with zero attached hydrogens (tertiary/aromatic N) is 1. The Hall–Kier alpha value is -3.86. The average molecular weight is 381 g/mol. The van der Waals surface area contributed by atoms with Gasteiger partial charge in [-0.05, 0) is 36.4 Å². The maximum Gasteiger partial charge on any atom is 0.325 e. The van der Waals surface area contributed by atoms with Crippen molar-refractivity contribution in [2.75, 3.05) is 19.7 Å². The third-order valence-corrected chi connectivity index (χ3v) is 3.41. The summed E-state index contributed by atoms with van der Waals surface area (Å²) in [6, 6.07) is 17.5. The summed E-state index contributed by atoms with van der Waals surface area (Å²) >= 11 is 0. The summed E-state index contributed by atoms with van der Waals surface area (Å²) in [5.41, 5.74) is 0.349. The molecule has 0 spiro atoms. The number of ether oxygens (including phenoxy) is 2. The number of rotatable bonds is 9. The molecule has 0 heterocycles. The first-order valence-electron chi connectivity index (χ1n) is 8.49. The van der Waals surface area contributed by atoms with Gasteiger partial charge in [0.25, 0.3) is 11.8 Å². The fourth-order valence-electron chi connectivity index (χ4n) is 2.06. The average Bonchev–Trinajstić information content (AvgIpc) is 2.72. The molecule has 2 aromatic carbocycles. The molecule has 0 radical (unpaired) electrons. The van der Waals surface area contributed by atoms with E-state index in [-0.39, 0.29) is 19.5 Å². The van der Waals surface area contributed by atoms with Crippen LogP contribution in [0.25, 0.3) is 0 Å². The molecule has 0 aliphatic carbocycles. The standard InChI is InChI=1S/C20H19N3O5/c21-11-4-12-22-18(24)14-27-19(25)13-23-20(26)15-7-9-17(10-8-15)28-16-5-2-1-3-6-16/h1-3,5-10H,4,12-14H2,(H,22,24)(H,23,26). The lowest BCUT2D eigenvalue weighted by Gasteiger charge is -2.08. The van der Waals surface area contributed by atoms with Gasteiger partial charge >= 0.3 is 5.97 Å². The molecule has 0 aliphatic rings. The fourth-order valence-corrected chi connectivity index (χ4v) is 2.06. The first-order chi connectivity index (χ1) is 13.6. The van der Waals surface area contributed by atoms with Crippen LogP contribution in [0, 0.1) is 11.3 Å². The van der Waals surface area contributed by atoms with Gasteiger partial charge in [0, 0.05) is 12.1 Å². The Morgan fingerprint density at radius 3 is 2.29 bits per heavy atom. The molecule has 0 fully saturated rings. The highest BCUT2D eigenvalue weighted by Crippen LogP contribution is 2.21. The zero-order valence-corrected chi connectivity index (χ0v) is 15.0. The van der Waals surface area contributed by atoms with Crippen LogP contribution in [0.3, 0.4) is 0 Å². The molecule has 0 saturated carbocycles. The summed E-state index contributed by atoms with van der Waals surface area (Å²) < 4.78 is 10.4. The number of benzene rings is 2. The number of amides is 2. The van der Waals surface area contributed by atoms with Crippen LogP contribution < -0.4 is 15.4 Å². The van der Waals surface area contributed by atoms with E-state index in [0.29, 0.717) is 17.1 Å². The third kappa shape index (κ3) is 7.17. The second-order valence-corrected chi connectivity index (χ2v) is 5.54. The Morgan fingerprint density at radius 2 is 1.61 bits per heavy atom. The topological polar surface area (TPSA) is 118 Å². The summed E-state index contributed by atoms with van der Waals surface area (Å²) in [6.07, 6.45) is 0.172. The van der Waals surface area contributed by atoms with E-state index in [1.54, 1.807) is 24.3 Å². The largest absolute Gasteiger partial charge is 0.457 e. The second-order valence-electron chi connectivity index (χ2n) is 5.54. The maximum absolute atomic E-state index is 12.1. The maximum atomic E-state index is 12.1. The Balaban J connectivity index is 1.73. The highest BCUT2D eigenvalue weighted by Gasteiger charge is 2.11. The lowest BCUT2D eigenvalue weighted by molar-refractivity contribution is -0.147. The van der Waals surface area contributed by atoms with E-state index in [4.69, 9.17) is 14.7 Å². The molecule has 0 aliphatic heterocycles. The van der Waals surface area contributed by atoms with Gasteiger partial charge in [0.1, 0.15) is 18.0 Å². The molecule has 2 rings (SSSR count). The van der Waals surface area contributed by atoms with Gasteiger partial charge < -0.3 is 20.1 Å². The Labute approximate surface area is 162 Å². The first-order valence-corrected chi connectivity index (χ1v) is 8.49. The molecule has 0 bridgehead atoms. The summed E-state index contributed by atoms with van der Waals surface area (Å²) in [5.74, 6) is -0.456. The van der Waals surface area contributed by atoms with E-state index in [9.17, 15) is 14.4 Å². The molecule has 0 saturated heterocycles. The van der Waals surface area contributed by atoms with Gasteiger partial charge in [-0.3, -0.25) is 14.4 Å². The van der Waals surface area contributed by atoms with Gasteiger partial charge in [-0.1, -0.05) is 18.2 Å². The Kier molecular flexibility index (Phi) is 8.02. The highest BCUT2D eigenvalue weighted by atomic mass is 16.5. The molecule has 28 heavy (non-hydrogen) atoms. The van der Waals surface area contributed by atoms with Crippen molar-refractivity contribution in [3.05, 3.63) is 60.2 Å². The van der Waals surface area contributed by atoms with Gasteiger partial charge in [0.05, 0.1) is 12.5 Å². The van der Waals surface area contributed by atoms with Crippen LogP contribution >= 0.6 is 0 Å². The van der Waals surface area contributed by atoms with E-state index >= 15 is 0 Å². The minimum atomic E-state index is -0.743. The van der Waals surface area contributed by atoms with Crippen LogP contribution in [0.15, 0.2) is 54.6 Å². The summed E-state index contributed by atoms with van der Waals surface area (Å²) in [5, 5.41) is 13.2. The van der Waals surface area contributed by atoms with Crippen molar-refractivity contribution in [1.29, 1.82) is 5.26 Å². The van der Waals surface area contributed by atoms with Gasteiger partial charge in [-0.2, -0.15) is 5.26 Å². The first kappa shape index (κ1) is 20.5. The molecular formula is C20H19N3O5. The molecule has 0 unspecified atom stereocenters. The second kappa shape index (κ2) is 11.0. The molecule has 8 heteroatoms. The SMILES string of the molecule is N#CCCNC(=O)COC(=O)CNC(=O)c1ccc(Oc2ccccc2)cc1. The van der Waals surface area contributed by atoms with Gasteiger partial charge in [-0.25, -0.2) is 0 Å². The van der Waals surface area contributed by atoms with Gasteiger partial charge in [0.2, 0.25) is 0 Å². The number of carbonyl (C=O) groups excluding carboxylic acids is 3. The van der Waals surface area contributed by atoms with E-state index in [1.165, 1.54) is 0 Å². The van der Waals surface area contributed by atoms with Crippen LogP contribution in [0.1, 0.15) is 16.8 Å². The fraction of sp³-hybridized carbons (Fsp3) is 0.200. The minimum absolute atomic E-state index is 0.172. The van der Waals surface area contributed by atoms with Crippen LogP contribution in [0.4, 0.5) is 0 Å². The van der Waals surface area contributed by atoms with E-state index in [0.717, 1.165) is 0 Å². The van der Waals surface area contributed by atoms with Crippen molar-refractivity contribution >= 4 is 17.8 Å². The number of hydrogen-bond acceptors (Lipinski definition) is 6. The summed E-state index contributed by atoms with van der Waals surface area (Å²) in [4.78, 5) is 35.0. The predicted molar refractivity (Wildman–Crippen MR) is 99.5 cm³/mol. The highest BCUT2D eigenvalue weighted by molar-refractivity contribution is 5.96. The monoisotopic (exact) mass is 381 g/mol. The molecule has 144 valence electrons. The predicted octanol–water partition coefficient (Wildman–Crippen LogP) is 1.78. The normalized spacial score (nSPS) is 9.68. The van der Waals surface area contributed by atoms with Crippen molar-refractivity contribution < 1.29 is 23.9 Å². The van der Waals surface area contributed by atoms with E-state index in [2.05, 4.69) is 10.6 Å². The molecule has 2 aromatic rings. The smallest absolute Gasteiger partial charge is 0.325 e. The van der Waals surface area contributed by atoms with Crippen LogP contribution in [-0.4, -0.2) is 37.5 Å². The molecule has 0 aromatic heterocycles. The number of nitrogens with one attached hydrogen (secondary N) is 2. The van der Waals surface area contributed by atoms with Gasteiger partial charge in [0.15, 0.2) is 6.61 Å². The molecule has 0 atom stereocenters. The van der Waals surface area contributed by atoms with Crippen molar-refractivity contribution in [2.24, 2.45) is 0 Å². The number of para-hydroxylation sites is 1. The third-order valence-electron chi connectivity index (χ3n) is 3.41. The molecule has 2 N–H and O–H groups in total. The Bertz CT molecular complexity index is 844. The number of carbonyl (C=O) groups is 3. The van der Waals surface area contributed by atoms with Gasteiger partial charge in [-0.15, -0.1) is 0 Å². The minimum Gasteiger partial charge on any atom is -0.457 e. The summed E-state index contributed by atoms with van der Waals surface area (Å²) in [7, 11) is 0. The van der Waals surface area contributed by atoms with Crippen molar-refractivity contribution in [3.8, 4) is 17.6 Å².